The number of rotatable bonds is 5. The molecule has 1 aromatic carbocycles. The molecular weight excluding hydrogens is 176 g/mol. The fraction of sp³-hybridized carbons (Fsp3) is 0.455. The summed E-state index contributed by atoms with van der Waals surface area (Å²) in [7, 11) is 0. The van der Waals surface area contributed by atoms with Crippen molar-refractivity contribution in [1.29, 1.82) is 0 Å². The minimum Gasteiger partial charge on any atom is -0.372 e. The highest BCUT2D eigenvalue weighted by atomic mass is 16.5. The van der Waals surface area contributed by atoms with Crippen LogP contribution < -0.4 is 11.5 Å². The lowest BCUT2D eigenvalue weighted by molar-refractivity contribution is 0.0378. The van der Waals surface area contributed by atoms with Crippen molar-refractivity contribution >= 4 is 0 Å². The van der Waals surface area contributed by atoms with E-state index in [9.17, 15) is 0 Å². The maximum absolute atomic E-state index is 5.73. The molecule has 0 amide bonds. The summed E-state index contributed by atoms with van der Waals surface area (Å²) in [6, 6.07) is 9.94. The molecule has 0 aliphatic rings. The van der Waals surface area contributed by atoms with Gasteiger partial charge in [0.25, 0.3) is 0 Å². The lowest BCUT2D eigenvalue weighted by atomic mass is 10.2. The van der Waals surface area contributed by atoms with Crippen LogP contribution in [0.4, 0.5) is 0 Å². The number of benzene rings is 1. The van der Waals surface area contributed by atoms with Crippen molar-refractivity contribution in [2.24, 2.45) is 11.5 Å². The number of nitrogens with two attached hydrogens (primary N) is 2. The maximum Gasteiger partial charge on any atom is 0.0721 e. The molecule has 0 fully saturated rings. The van der Waals surface area contributed by atoms with Crippen LogP contribution in [0.5, 0.6) is 0 Å². The van der Waals surface area contributed by atoms with Crippen LogP contribution in [-0.4, -0.2) is 18.7 Å². The molecule has 0 aliphatic carbocycles. The van der Waals surface area contributed by atoms with Crippen molar-refractivity contribution in [3.63, 3.8) is 0 Å². The Morgan fingerprint density at radius 2 is 1.93 bits per heavy atom. The normalized spacial score (nSPS) is 15.1. The molecule has 3 nitrogen and oxygen atoms in total. The summed E-state index contributed by atoms with van der Waals surface area (Å²) in [6.07, 6.45) is 0.000191. The summed E-state index contributed by atoms with van der Waals surface area (Å²) < 4.78 is 5.58. The molecule has 14 heavy (non-hydrogen) atoms. The lowest BCUT2D eigenvalue weighted by Crippen LogP contribution is -2.40. The Balaban J connectivity index is 2.34. The first-order valence-corrected chi connectivity index (χ1v) is 4.85. The van der Waals surface area contributed by atoms with Gasteiger partial charge in [-0.2, -0.15) is 0 Å². The summed E-state index contributed by atoms with van der Waals surface area (Å²) in [5, 5.41) is 0. The van der Waals surface area contributed by atoms with Gasteiger partial charge in [0.2, 0.25) is 0 Å². The van der Waals surface area contributed by atoms with Gasteiger partial charge in [0, 0.05) is 12.6 Å². The largest absolute Gasteiger partial charge is 0.372 e. The molecule has 0 heterocycles. The Bertz CT molecular complexity index is 251. The minimum atomic E-state index is -0.0845. The third-order valence-corrected chi connectivity index (χ3v) is 2.23. The maximum atomic E-state index is 5.73. The predicted molar refractivity (Wildman–Crippen MR) is 57.7 cm³/mol. The van der Waals surface area contributed by atoms with E-state index in [1.165, 1.54) is 0 Å². The van der Waals surface area contributed by atoms with E-state index in [4.69, 9.17) is 16.2 Å². The average molecular weight is 194 g/mol. The summed E-state index contributed by atoms with van der Waals surface area (Å²) >= 11 is 0. The Morgan fingerprint density at radius 1 is 1.29 bits per heavy atom. The van der Waals surface area contributed by atoms with Crippen LogP contribution in [-0.2, 0) is 11.3 Å². The van der Waals surface area contributed by atoms with Gasteiger partial charge in [-0.25, -0.2) is 0 Å². The zero-order chi connectivity index (χ0) is 10.4. The Morgan fingerprint density at radius 3 is 2.50 bits per heavy atom. The van der Waals surface area contributed by atoms with Crippen LogP contribution in [0, 0.1) is 0 Å². The van der Waals surface area contributed by atoms with Crippen molar-refractivity contribution in [3.8, 4) is 0 Å². The van der Waals surface area contributed by atoms with Crippen LogP contribution in [0.25, 0.3) is 0 Å². The van der Waals surface area contributed by atoms with Crippen molar-refractivity contribution < 1.29 is 4.74 Å². The monoisotopic (exact) mass is 194 g/mol. The smallest absolute Gasteiger partial charge is 0.0721 e. The van der Waals surface area contributed by atoms with E-state index < -0.39 is 0 Å². The second kappa shape index (κ2) is 5.75. The van der Waals surface area contributed by atoms with Gasteiger partial charge >= 0.3 is 0 Å². The van der Waals surface area contributed by atoms with Gasteiger partial charge in [0.1, 0.15) is 0 Å². The Labute approximate surface area is 85.0 Å². The van der Waals surface area contributed by atoms with Crippen molar-refractivity contribution in [3.05, 3.63) is 35.9 Å². The first kappa shape index (κ1) is 11.2. The molecule has 1 aromatic rings. The fourth-order valence-corrected chi connectivity index (χ4v) is 1.12. The molecule has 0 aliphatic heterocycles. The van der Waals surface area contributed by atoms with Crippen LogP contribution in [0.15, 0.2) is 30.3 Å². The van der Waals surface area contributed by atoms with E-state index in [1.807, 2.05) is 37.3 Å². The molecule has 4 N–H and O–H groups in total. The zero-order valence-corrected chi connectivity index (χ0v) is 8.52. The quantitative estimate of drug-likeness (QED) is 0.731. The van der Waals surface area contributed by atoms with Gasteiger partial charge < -0.3 is 16.2 Å². The van der Waals surface area contributed by atoms with Crippen LogP contribution in [0.1, 0.15) is 12.5 Å². The summed E-state index contributed by atoms with van der Waals surface area (Å²) in [4.78, 5) is 0. The average Bonchev–Trinajstić information content (AvgIpc) is 2.26. The molecule has 2 atom stereocenters. The van der Waals surface area contributed by atoms with Gasteiger partial charge in [-0.05, 0) is 12.5 Å². The lowest BCUT2D eigenvalue weighted by Gasteiger charge is -2.18. The van der Waals surface area contributed by atoms with Crippen molar-refractivity contribution in [2.45, 2.75) is 25.7 Å². The third-order valence-electron chi connectivity index (χ3n) is 2.23. The summed E-state index contributed by atoms with van der Waals surface area (Å²) in [5.41, 5.74) is 12.3. The molecule has 0 saturated heterocycles. The molecule has 78 valence electrons. The van der Waals surface area contributed by atoms with Crippen LogP contribution in [0.3, 0.4) is 0 Å². The van der Waals surface area contributed by atoms with E-state index in [2.05, 4.69) is 0 Å². The number of ether oxygens (including phenoxy) is 1. The van der Waals surface area contributed by atoms with Gasteiger partial charge in [0.15, 0.2) is 0 Å². The predicted octanol–water partition coefficient (Wildman–Crippen LogP) is 0.878. The fourth-order valence-electron chi connectivity index (χ4n) is 1.12. The Kier molecular flexibility index (Phi) is 4.59. The van der Waals surface area contributed by atoms with E-state index in [0.29, 0.717) is 13.2 Å². The van der Waals surface area contributed by atoms with Gasteiger partial charge in [0.05, 0.1) is 12.7 Å². The standard InChI is InChI=1S/C11H18N2O/c1-9(11(13)7-12)14-8-10-5-3-2-4-6-10/h2-6,9,11H,7-8,12-13H2,1H3. The molecule has 0 aromatic heterocycles. The van der Waals surface area contributed by atoms with Gasteiger partial charge in [-0.3, -0.25) is 0 Å². The van der Waals surface area contributed by atoms with Crippen LogP contribution >= 0.6 is 0 Å². The SMILES string of the molecule is CC(OCc1ccccc1)C(N)CN. The molecule has 0 spiro atoms. The molecule has 2 unspecified atom stereocenters. The minimum absolute atomic E-state index is 0.000191. The molecule has 0 saturated carbocycles. The van der Waals surface area contributed by atoms with E-state index in [0.717, 1.165) is 5.56 Å². The highest BCUT2D eigenvalue weighted by Crippen LogP contribution is 2.04. The van der Waals surface area contributed by atoms with Gasteiger partial charge in [-0.1, -0.05) is 30.3 Å². The van der Waals surface area contributed by atoms with Gasteiger partial charge in [-0.15, -0.1) is 0 Å². The topological polar surface area (TPSA) is 61.3 Å². The first-order chi connectivity index (χ1) is 6.74. The van der Waals surface area contributed by atoms with E-state index in [1.54, 1.807) is 0 Å². The van der Waals surface area contributed by atoms with E-state index >= 15 is 0 Å². The highest BCUT2D eigenvalue weighted by Gasteiger charge is 2.10. The second-order valence-electron chi connectivity index (χ2n) is 3.40. The van der Waals surface area contributed by atoms with Crippen LogP contribution in [0.2, 0.25) is 0 Å². The third kappa shape index (κ3) is 3.46. The molecule has 0 radical (unpaired) electrons. The summed E-state index contributed by atoms with van der Waals surface area (Å²) in [5.74, 6) is 0. The summed E-state index contributed by atoms with van der Waals surface area (Å²) in [6.45, 7) is 2.99. The molecule has 3 heteroatoms. The number of hydrogen-bond acceptors (Lipinski definition) is 3. The zero-order valence-electron chi connectivity index (χ0n) is 8.52. The number of hydrogen-bond donors (Lipinski definition) is 2. The van der Waals surface area contributed by atoms with E-state index in [-0.39, 0.29) is 12.1 Å². The second-order valence-corrected chi connectivity index (χ2v) is 3.40. The van der Waals surface area contributed by atoms with Crippen molar-refractivity contribution in [2.75, 3.05) is 6.54 Å². The molecular formula is C11H18N2O. The molecule has 0 bridgehead atoms. The molecule has 1 rings (SSSR count). The first-order valence-electron chi connectivity index (χ1n) is 4.85. The Hall–Kier alpha value is -0.900. The highest BCUT2D eigenvalue weighted by molar-refractivity contribution is 5.13. The van der Waals surface area contributed by atoms with Crippen molar-refractivity contribution in [1.82, 2.24) is 0 Å².